The minimum absolute atomic E-state index is 0.0977. The maximum Gasteiger partial charge on any atom is 0.223 e. The van der Waals surface area contributed by atoms with Gasteiger partial charge in [0.05, 0.1) is 12.2 Å². The number of thiophene rings is 1. The molecule has 0 saturated carbocycles. The second-order valence-corrected chi connectivity index (χ2v) is 8.32. The van der Waals surface area contributed by atoms with Gasteiger partial charge >= 0.3 is 0 Å². The standard InChI is InChI=1S/C20H27N5OS/c26-20(16-5-11-25(12-6-16)19-15-21-7-8-22-19)23-14-17(18-4-3-13-27-18)24-9-1-2-10-24/h3-4,7-8,13,15-17H,1-2,5-6,9-12,14H2,(H,23,26). The number of rotatable bonds is 6. The summed E-state index contributed by atoms with van der Waals surface area (Å²) < 4.78 is 0. The van der Waals surface area contributed by atoms with Gasteiger partial charge in [-0.25, -0.2) is 4.98 Å². The number of nitrogens with one attached hydrogen (secondary N) is 1. The summed E-state index contributed by atoms with van der Waals surface area (Å²) in [6.07, 6.45) is 9.46. The van der Waals surface area contributed by atoms with E-state index < -0.39 is 0 Å². The van der Waals surface area contributed by atoms with E-state index in [1.165, 1.54) is 17.7 Å². The largest absolute Gasteiger partial charge is 0.355 e. The molecule has 1 unspecified atom stereocenters. The highest BCUT2D eigenvalue weighted by Gasteiger charge is 2.28. The molecule has 2 aliphatic rings. The van der Waals surface area contributed by atoms with Crippen LogP contribution in [0.1, 0.15) is 36.6 Å². The number of carbonyl (C=O) groups is 1. The van der Waals surface area contributed by atoms with Gasteiger partial charge in [0.1, 0.15) is 5.82 Å². The number of carbonyl (C=O) groups excluding carboxylic acids is 1. The fourth-order valence-electron chi connectivity index (χ4n) is 4.11. The van der Waals surface area contributed by atoms with Gasteiger partial charge < -0.3 is 10.2 Å². The van der Waals surface area contributed by atoms with Gasteiger partial charge in [-0.05, 0) is 50.2 Å². The summed E-state index contributed by atoms with van der Waals surface area (Å²) >= 11 is 1.79. The van der Waals surface area contributed by atoms with E-state index >= 15 is 0 Å². The minimum atomic E-state index is 0.0977. The molecule has 2 aromatic rings. The van der Waals surface area contributed by atoms with Crippen molar-refractivity contribution in [3.63, 3.8) is 0 Å². The third-order valence-corrected chi connectivity index (χ3v) is 6.64. The zero-order chi connectivity index (χ0) is 18.5. The van der Waals surface area contributed by atoms with Crippen molar-refractivity contribution < 1.29 is 4.79 Å². The Bertz CT molecular complexity index is 709. The molecule has 1 N–H and O–H groups in total. The van der Waals surface area contributed by atoms with Gasteiger partial charge in [0.15, 0.2) is 0 Å². The van der Waals surface area contributed by atoms with Crippen molar-refractivity contribution in [3.8, 4) is 0 Å². The molecular formula is C20H27N5OS. The average Bonchev–Trinajstić information content (AvgIpc) is 3.44. The summed E-state index contributed by atoms with van der Waals surface area (Å²) in [5.74, 6) is 1.21. The average molecular weight is 386 g/mol. The molecular weight excluding hydrogens is 358 g/mol. The number of anilines is 1. The van der Waals surface area contributed by atoms with Crippen LogP contribution in [0.5, 0.6) is 0 Å². The van der Waals surface area contributed by atoms with Crippen LogP contribution in [0, 0.1) is 5.92 Å². The number of amides is 1. The van der Waals surface area contributed by atoms with Crippen LogP contribution in [0.3, 0.4) is 0 Å². The molecule has 7 heteroatoms. The van der Waals surface area contributed by atoms with E-state index in [1.54, 1.807) is 29.9 Å². The lowest BCUT2D eigenvalue weighted by Gasteiger charge is -2.32. The normalized spacial score (nSPS) is 19.9. The summed E-state index contributed by atoms with van der Waals surface area (Å²) in [6, 6.07) is 4.61. The summed E-state index contributed by atoms with van der Waals surface area (Å²) in [7, 11) is 0. The Hall–Kier alpha value is -1.99. The van der Waals surface area contributed by atoms with Gasteiger partial charge in [0, 0.05) is 42.8 Å². The molecule has 144 valence electrons. The molecule has 4 rings (SSSR count). The van der Waals surface area contributed by atoms with E-state index in [0.29, 0.717) is 12.6 Å². The lowest BCUT2D eigenvalue weighted by Crippen LogP contribution is -2.43. The second-order valence-electron chi connectivity index (χ2n) is 7.34. The second kappa shape index (κ2) is 8.80. The van der Waals surface area contributed by atoms with Crippen molar-refractivity contribution >= 4 is 23.1 Å². The van der Waals surface area contributed by atoms with Gasteiger partial charge in [0.2, 0.25) is 5.91 Å². The Morgan fingerprint density at radius 3 is 2.70 bits per heavy atom. The highest BCUT2D eigenvalue weighted by atomic mass is 32.1. The first-order chi connectivity index (χ1) is 13.3. The van der Waals surface area contributed by atoms with Crippen LogP contribution in [0.15, 0.2) is 36.1 Å². The van der Waals surface area contributed by atoms with E-state index in [1.807, 2.05) is 0 Å². The summed E-state index contributed by atoms with van der Waals surface area (Å²) in [4.78, 5) is 27.3. The smallest absolute Gasteiger partial charge is 0.223 e. The van der Waals surface area contributed by atoms with E-state index in [4.69, 9.17) is 0 Å². The van der Waals surface area contributed by atoms with Crippen molar-refractivity contribution in [2.75, 3.05) is 37.6 Å². The Labute approximate surface area is 164 Å². The maximum atomic E-state index is 12.8. The Balaban J connectivity index is 1.30. The summed E-state index contributed by atoms with van der Waals surface area (Å²) in [5, 5.41) is 5.38. The number of hydrogen-bond donors (Lipinski definition) is 1. The SMILES string of the molecule is O=C(NCC(c1cccs1)N1CCCC1)C1CCN(c2cnccn2)CC1. The quantitative estimate of drug-likeness (QED) is 0.828. The van der Waals surface area contributed by atoms with Crippen molar-refractivity contribution in [2.24, 2.45) is 5.92 Å². The van der Waals surface area contributed by atoms with Crippen LogP contribution in [-0.2, 0) is 4.79 Å². The molecule has 6 nitrogen and oxygen atoms in total. The number of hydrogen-bond acceptors (Lipinski definition) is 6. The monoisotopic (exact) mass is 385 g/mol. The Morgan fingerprint density at radius 2 is 2.04 bits per heavy atom. The molecule has 0 bridgehead atoms. The highest BCUT2D eigenvalue weighted by molar-refractivity contribution is 7.10. The fourth-order valence-corrected chi connectivity index (χ4v) is 4.97. The van der Waals surface area contributed by atoms with Crippen LogP contribution in [0.2, 0.25) is 0 Å². The topological polar surface area (TPSA) is 61.4 Å². The van der Waals surface area contributed by atoms with E-state index in [-0.39, 0.29) is 11.8 Å². The van der Waals surface area contributed by atoms with Gasteiger partial charge in [-0.3, -0.25) is 14.7 Å². The van der Waals surface area contributed by atoms with Crippen LogP contribution >= 0.6 is 11.3 Å². The molecule has 27 heavy (non-hydrogen) atoms. The molecule has 2 aliphatic heterocycles. The van der Waals surface area contributed by atoms with Crippen molar-refractivity contribution in [1.82, 2.24) is 20.2 Å². The van der Waals surface area contributed by atoms with Gasteiger partial charge in [-0.15, -0.1) is 11.3 Å². The van der Waals surface area contributed by atoms with Crippen molar-refractivity contribution in [1.29, 1.82) is 0 Å². The number of likely N-dealkylation sites (tertiary alicyclic amines) is 1. The van der Waals surface area contributed by atoms with E-state index in [0.717, 1.165) is 44.8 Å². The molecule has 2 saturated heterocycles. The maximum absolute atomic E-state index is 12.8. The van der Waals surface area contributed by atoms with Crippen molar-refractivity contribution in [2.45, 2.75) is 31.7 Å². The van der Waals surface area contributed by atoms with E-state index in [9.17, 15) is 4.79 Å². The molecule has 1 amide bonds. The van der Waals surface area contributed by atoms with Crippen molar-refractivity contribution in [3.05, 3.63) is 41.0 Å². The number of nitrogens with zero attached hydrogens (tertiary/aromatic N) is 4. The van der Waals surface area contributed by atoms with Crippen LogP contribution in [0.4, 0.5) is 5.82 Å². The molecule has 1 atom stereocenters. The lowest BCUT2D eigenvalue weighted by atomic mass is 9.96. The van der Waals surface area contributed by atoms with Crippen LogP contribution in [0.25, 0.3) is 0 Å². The third-order valence-electron chi connectivity index (χ3n) is 5.66. The molecule has 0 radical (unpaired) electrons. The number of piperidine rings is 1. The number of aromatic nitrogens is 2. The van der Waals surface area contributed by atoms with E-state index in [2.05, 4.69) is 42.6 Å². The summed E-state index contributed by atoms with van der Waals surface area (Å²) in [5.41, 5.74) is 0. The Kier molecular flexibility index (Phi) is 5.99. The predicted molar refractivity (Wildman–Crippen MR) is 108 cm³/mol. The Morgan fingerprint density at radius 1 is 1.22 bits per heavy atom. The molecule has 2 aromatic heterocycles. The van der Waals surface area contributed by atoms with Gasteiger partial charge in [-0.1, -0.05) is 6.07 Å². The summed E-state index contributed by atoms with van der Waals surface area (Å²) in [6.45, 7) is 4.70. The van der Waals surface area contributed by atoms with Gasteiger partial charge in [-0.2, -0.15) is 0 Å². The first-order valence-corrected chi connectivity index (χ1v) is 10.8. The zero-order valence-electron chi connectivity index (χ0n) is 15.6. The first kappa shape index (κ1) is 18.4. The molecule has 0 aliphatic carbocycles. The molecule has 0 aromatic carbocycles. The highest BCUT2D eigenvalue weighted by Crippen LogP contribution is 2.28. The van der Waals surface area contributed by atoms with Crippen LogP contribution in [-0.4, -0.2) is 53.5 Å². The zero-order valence-corrected chi connectivity index (χ0v) is 16.4. The first-order valence-electron chi connectivity index (χ1n) is 9.87. The van der Waals surface area contributed by atoms with Crippen LogP contribution < -0.4 is 10.2 Å². The third kappa shape index (κ3) is 4.47. The fraction of sp³-hybridized carbons (Fsp3) is 0.550. The lowest BCUT2D eigenvalue weighted by molar-refractivity contribution is -0.125. The molecule has 2 fully saturated rings. The predicted octanol–water partition coefficient (Wildman–Crippen LogP) is 2.71. The molecule has 4 heterocycles. The van der Waals surface area contributed by atoms with Gasteiger partial charge in [0.25, 0.3) is 0 Å². The minimum Gasteiger partial charge on any atom is -0.355 e. The molecule has 0 spiro atoms.